The summed E-state index contributed by atoms with van der Waals surface area (Å²) in [5.41, 5.74) is 2.67. The maximum Gasteiger partial charge on any atom is 0.344 e. The maximum absolute atomic E-state index is 13.4. The van der Waals surface area contributed by atoms with Crippen molar-refractivity contribution in [2.45, 2.75) is 19.5 Å². The lowest BCUT2D eigenvalue weighted by molar-refractivity contribution is -0.145. The van der Waals surface area contributed by atoms with Crippen molar-refractivity contribution in [2.75, 3.05) is 13.2 Å². The van der Waals surface area contributed by atoms with Crippen molar-refractivity contribution in [2.24, 2.45) is 0 Å². The molecule has 0 fully saturated rings. The summed E-state index contributed by atoms with van der Waals surface area (Å²) in [6.07, 6.45) is 0. The lowest BCUT2D eigenvalue weighted by atomic mass is 9.97. The summed E-state index contributed by atoms with van der Waals surface area (Å²) in [5, 5.41) is 3.89. The molecular weight excluding hydrogens is 368 g/mol. The molecule has 1 atom stereocenters. The Kier molecular flexibility index (Phi) is 6.64. The number of esters is 1. The fourth-order valence-electron chi connectivity index (χ4n) is 2.82. The second-order valence-corrected chi connectivity index (χ2v) is 5.87. The molecular formula is C18H18Cl2FNO3. The molecule has 0 radical (unpaired) electrons. The Morgan fingerprint density at radius 3 is 2.84 bits per heavy atom. The number of nitrogens with one attached hydrogen (secondary N) is 1. The second-order valence-electron chi connectivity index (χ2n) is 5.43. The molecule has 0 amide bonds. The van der Waals surface area contributed by atoms with Crippen molar-refractivity contribution < 1.29 is 18.7 Å². The highest BCUT2D eigenvalue weighted by Gasteiger charge is 2.26. The summed E-state index contributed by atoms with van der Waals surface area (Å²) in [7, 11) is 0. The molecule has 1 aliphatic heterocycles. The molecule has 0 saturated heterocycles. The van der Waals surface area contributed by atoms with Crippen LogP contribution < -0.4 is 10.1 Å². The van der Waals surface area contributed by atoms with Crippen LogP contribution >= 0.6 is 24.0 Å². The minimum Gasteiger partial charge on any atom is -0.482 e. The minimum atomic E-state index is -0.430. The average molecular weight is 386 g/mol. The van der Waals surface area contributed by atoms with E-state index in [1.807, 2.05) is 0 Å². The first kappa shape index (κ1) is 19.5. The van der Waals surface area contributed by atoms with E-state index in [1.165, 1.54) is 12.1 Å². The molecule has 0 aromatic heterocycles. The molecule has 1 unspecified atom stereocenters. The van der Waals surface area contributed by atoms with Gasteiger partial charge in [0.1, 0.15) is 11.6 Å². The van der Waals surface area contributed by atoms with Crippen LogP contribution in [0.3, 0.4) is 0 Å². The predicted octanol–water partition coefficient (Wildman–Crippen LogP) is 4.04. The van der Waals surface area contributed by atoms with Gasteiger partial charge >= 0.3 is 5.97 Å². The molecule has 0 saturated carbocycles. The third-order valence-electron chi connectivity index (χ3n) is 3.85. The summed E-state index contributed by atoms with van der Waals surface area (Å²) >= 11 is 6.13. The van der Waals surface area contributed by atoms with E-state index in [2.05, 4.69) is 5.32 Å². The fourth-order valence-corrected chi connectivity index (χ4v) is 3.00. The molecule has 2 aromatic rings. The Hall–Kier alpha value is -1.82. The Bertz CT molecular complexity index is 770. The zero-order valence-electron chi connectivity index (χ0n) is 13.6. The first-order chi connectivity index (χ1) is 11.6. The molecule has 0 spiro atoms. The maximum atomic E-state index is 13.4. The van der Waals surface area contributed by atoms with Gasteiger partial charge in [0, 0.05) is 17.1 Å². The zero-order valence-corrected chi connectivity index (χ0v) is 15.1. The SMILES string of the molecule is CCOC(=O)COc1ccc(Cl)cc1C1NCc2cc(F)ccc21.Cl. The van der Waals surface area contributed by atoms with Crippen LogP contribution in [0.1, 0.15) is 29.7 Å². The van der Waals surface area contributed by atoms with Crippen LogP contribution in [-0.4, -0.2) is 19.2 Å². The summed E-state index contributed by atoms with van der Waals surface area (Å²) in [6.45, 7) is 2.43. The highest BCUT2D eigenvalue weighted by molar-refractivity contribution is 6.30. The highest BCUT2D eigenvalue weighted by atomic mass is 35.5. The molecule has 134 valence electrons. The van der Waals surface area contributed by atoms with E-state index in [1.54, 1.807) is 31.2 Å². The first-order valence-corrected chi connectivity index (χ1v) is 8.06. The van der Waals surface area contributed by atoms with Crippen LogP contribution in [-0.2, 0) is 16.1 Å². The van der Waals surface area contributed by atoms with Gasteiger partial charge in [0.05, 0.1) is 12.6 Å². The Morgan fingerprint density at radius 2 is 2.08 bits per heavy atom. The van der Waals surface area contributed by atoms with Crippen molar-refractivity contribution in [3.05, 3.63) is 63.9 Å². The van der Waals surface area contributed by atoms with Crippen LogP contribution in [0, 0.1) is 5.82 Å². The van der Waals surface area contributed by atoms with Crippen molar-refractivity contribution in [1.82, 2.24) is 5.32 Å². The largest absolute Gasteiger partial charge is 0.482 e. The van der Waals surface area contributed by atoms with Crippen LogP contribution in [0.25, 0.3) is 0 Å². The molecule has 1 N–H and O–H groups in total. The van der Waals surface area contributed by atoms with Crippen LogP contribution in [0.2, 0.25) is 5.02 Å². The van der Waals surface area contributed by atoms with Crippen molar-refractivity contribution in [1.29, 1.82) is 0 Å². The number of carbonyl (C=O) groups excluding carboxylic acids is 1. The van der Waals surface area contributed by atoms with Crippen molar-refractivity contribution in [3.63, 3.8) is 0 Å². The topological polar surface area (TPSA) is 47.6 Å². The van der Waals surface area contributed by atoms with E-state index < -0.39 is 5.97 Å². The molecule has 1 heterocycles. The second kappa shape index (κ2) is 8.52. The minimum absolute atomic E-state index is 0. The van der Waals surface area contributed by atoms with Gasteiger partial charge in [-0.25, -0.2) is 9.18 Å². The third kappa shape index (κ3) is 4.42. The van der Waals surface area contributed by atoms with Crippen molar-refractivity contribution >= 4 is 30.0 Å². The van der Waals surface area contributed by atoms with Crippen LogP contribution in [0.4, 0.5) is 4.39 Å². The normalized spacial score (nSPS) is 15.2. The summed E-state index contributed by atoms with van der Waals surface area (Å²) in [6, 6.07) is 9.75. The molecule has 0 aliphatic carbocycles. The van der Waals surface area contributed by atoms with Gasteiger partial charge in [0.2, 0.25) is 0 Å². The smallest absolute Gasteiger partial charge is 0.344 e. The molecule has 7 heteroatoms. The van der Waals surface area contributed by atoms with Crippen LogP contribution in [0.5, 0.6) is 5.75 Å². The van der Waals surface area contributed by atoms with Crippen molar-refractivity contribution in [3.8, 4) is 5.75 Å². The number of hydrogen-bond acceptors (Lipinski definition) is 4. The Balaban J connectivity index is 0.00000225. The van der Waals surface area contributed by atoms with Gasteiger partial charge in [0.25, 0.3) is 0 Å². The van der Waals surface area contributed by atoms with Gasteiger partial charge in [-0.3, -0.25) is 0 Å². The third-order valence-corrected chi connectivity index (χ3v) is 4.08. The monoisotopic (exact) mass is 385 g/mol. The highest BCUT2D eigenvalue weighted by Crippen LogP contribution is 2.37. The van der Waals surface area contributed by atoms with Gasteiger partial charge in [0.15, 0.2) is 6.61 Å². The lowest BCUT2D eigenvalue weighted by Gasteiger charge is -2.18. The summed E-state index contributed by atoms with van der Waals surface area (Å²) in [4.78, 5) is 11.5. The van der Waals surface area contributed by atoms with E-state index in [0.717, 1.165) is 16.7 Å². The first-order valence-electron chi connectivity index (χ1n) is 7.68. The summed E-state index contributed by atoms with van der Waals surface area (Å²) < 4.78 is 23.9. The fraction of sp³-hybridized carbons (Fsp3) is 0.278. The van der Waals surface area contributed by atoms with E-state index in [9.17, 15) is 9.18 Å². The van der Waals surface area contributed by atoms with E-state index in [-0.39, 0.29) is 30.9 Å². The predicted molar refractivity (Wildman–Crippen MR) is 95.9 cm³/mol. The van der Waals surface area contributed by atoms with E-state index in [0.29, 0.717) is 23.9 Å². The molecule has 25 heavy (non-hydrogen) atoms. The standard InChI is InChI=1S/C18H17ClFNO3.ClH/c1-2-23-17(22)10-24-16-6-3-12(19)8-15(16)18-14-5-4-13(20)7-11(14)9-21-18;/h3-8,18,21H,2,9-10H2,1H3;1H. The number of benzene rings is 2. The number of carbonyl (C=O) groups is 1. The van der Waals surface area contributed by atoms with Gasteiger partial charge < -0.3 is 14.8 Å². The van der Waals surface area contributed by atoms with Gasteiger partial charge in [-0.1, -0.05) is 17.7 Å². The van der Waals surface area contributed by atoms with Gasteiger partial charge in [-0.05, 0) is 48.4 Å². The van der Waals surface area contributed by atoms with Gasteiger partial charge in [-0.15, -0.1) is 12.4 Å². The lowest BCUT2D eigenvalue weighted by Crippen LogP contribution is -2.18. The Morgan fingerprint density at radius 1 is 1.28 bits per heavy atom. The Labute approximate surface area is 156 Å². The number of ether oxygens (including phenoxy) is 2. The molecule has 1 aliphatic rings. The molecule has 4 nitrogen and oxygen atoms in total. The van der Waals surface area contributed by atoms with E-state index >= 15 is 0 Å². The molecule has 0 bridgehead atoms. The van der Waals surface area contributed by atoms with Crippen LogP contribution in [0.15, 0.2) is 36.4 Å². The number of fused-ring (bicyclic) bond motifs is 1. The molecule has 3 rings (SSSR count). The molecule has 2 aromatic carbocycles. The number of hydrogen-bond donors (Lipinski definition) is 1. The van der Waals surface area contributed by atoms with E-state index in [4.69, 9.17) is 21.1 Å². The average Bonchev–Trinajstić information content (AvgIpc) is 2.96. The quantitative estimate of drug-likeness (QED) is 0.789. The number of halogens is 3. The van der Waals surface area contributed by atoms with Gasteiger partial charge in [-0.2, -0.15) is 0 Å². The number of rotatable bonds is 5. The summed E-state index contributed by atoms with van der Waals surface area (Å²) in [5.74, 6) is -0.150. The zero-order chi connectivity index (χ0) is 17.1.